The Kier molecular flexibility index (Phi) is 9.55. The fraction of sp³-hybridized carbons (Fsp3) is 0.200. The predicted molar refractivity (Wildman–Crippen MR) is 188 cm³/mol. The third-order valence-corrected chi connectivity index (χ3v) is 9.36. The molecule has 0 aromatic heterocycles. The largest absolute Gasteiger partial charge is 0.497 e. The summed E-state index contributed by atoms with van der Waals surface area (Å²) in [5.41, 5.74) is 6.12. The van der Waals surface area contributed by atoms with Gasteiger partial charge in [0.25, 0.3) is 0 Å². The first-order valence-electron chi connectivity index (χ1n) is 16.1. The smallest absolute Gasteiger partial charge is 0.247 e. The number of benzene rings is 5. The zero-order valence-corrected chi connectivity index (χ0v) is 26.1. The van der Waals surface area contributed by atoms with Gasteiger partial charge in [-0.15, -0.1) is 0 Å². The Bertz CT molecular complexity index is 1540. The Labute approximate surface area is 267 Å². The fourth-order valence-electron chi connectivity index (χ4n) is 7.23. The van der Waals surface area contributed by atoms with E-state index >= 15 is 0 Å². The van der Waals surface area contributed by atoms with Gasteiger partial charge in [-0.3, -0.25) is 14.3 Å². The fourth-order valence-corrected chi connectivity index (χ4v) is 7.23. The van der Waals surface area contributed by atoms with Gasteiger partial charge in [0, 0.05) is 12.0 Å². The van der Waals surface area contributed by atoms with Crippen molar-refractivity contribution in [1.82, 2.24) is 4.90 Å². The maximum absolute atomic E-state index is 12.4. The molecule has 0 atom stereocenters. The second-order valence-electron chi connectivity index (χ2n) is 11.9. The van der Waals surface area contributed by atoms with Crippen molar-refractivity contribution in [3.8, 4) is 5.75 Å². The molecule has 4 nitrogen and oxygen atoms in total. The number of methoxy groups -OCH3 is 1. The molecule has 5 aromatic carbocycles. The monoisotopic (exact) mass is 592 g/mol. The van der Waals surface area contributed by atoms with Crippen molar-refractivity contribution in [2.75, 3.05) is 33.3 Å². The Morgan fingerprint density at radius 2 is 1.09 bits per heavy atom. The molecule has 0 bridgehead atoms. The van der Waals surface area contributed by atoms with E-state index < -0.39 is 6.15 Å². The number of ketones is 1. The predicted octanol–water partition coefficient (Wildman–Crippen LogP) is 4.85. The molecule has 2 aliphatic heterocycles. The first-order chi connectivity index (χ1) is 22.2. The highest BCUT2D eigenvalue weighted by Crippen LogP contribution is 2.17. The van der Waals surface area contributed by atoms with Crippen LogP contribution in [-0.4, -0.2) is 60.5 Å². The summed E-state index contributed by atoms with van der Waals surface area (Å²) in [6, 6.07) is 50.9. The van der Waals surface area contributed by atoms with Crippen molar-refractivity contribution in [2.24, 2.45) is 0 Å². The minimum atomic E-state index is -1.22. The van der Waals surface area contributed by atoms with Crippen molar-refractivity contribution >= 4 is 39.6 Å². The van der Waals surface area contributed by atoms with E-state index in [9.17, 15) is 4.79 Å². The molecule has 45 heavy (non-hydrogen) atoms. The summed E-state index contributed by atoms with van der Waals surface area (Å²) in [6.07, 6.45) is 2.28. The molecule has 7 rings (SSSR count). The van der Waals surface area contributed by atoms with Gasteiger partial charge >= 0.3 is 0 Å². The zero-order valence-electron chi connectivity index (χ0n) is 26.1. The van der Waals surface area contributed by atoms with Gasteiger partial charge in [-0.2, -0.15) is 21.9 Å². The Morgan fingerprint density at radius 1 is 0.644 bits per heavy atom. The van der Waals surface area contributed by atoms with Crippen molar-refractivity contribution in [1.29, 1.82) is 0 Å². The van der Waals surface area contributed by atoms with Crippen LogP contribution in [0.2, 0.25) is 0 Å². The van der Waals surface area contributed by atoms with Crippen molar-refractivity contribution in [2.45, 2.75) is 19.3 Å². The average molecular weight is 593 g/mol. The summed E-state index contributed by atoms with van der Waals surface area (Å²) in [4.78, 5) is 14.7. The topological polar surface area (TPSA) is 32.5 Å². The number of hydrogen-bond donors (Lipinski definition) is 0. The van der Waals surface area contributed by atoms with E-state index in [1.54, 1.807) is 7.11 Å². The molecule has 226 valence electrons. The molecule has 0 unspecified atom stereocenters. The summed E-state index contributed by atoms with van der Waals surface area (Å²) >= 11 is 0. The van der Waals surface area contributed by atoms with E-state index in [4.69, 9.17) is 4.74 Å². The maximum Gasteiger partial charge on any atom is 0.247 e. The molecule has 0 amide bonds. The van der Waals surface area contributed by atoms with Crippen LogP contribution in [-0.2, 0) is 0 Å². The second-order valence-corrected chi connectivity index (χ2v) is 11.9. The number of amidine groups is 1. The normalized spacial score (nSPS) is 14.3. The number of carbonyl (C=O) groups is 1. The lowest BCUT2D eigenvalue weighted by atomic mass is 9.13. The molecule has 5 heteroatoms. The van der Waals surface area contributed by atoms with Gasteiger partial charge in [0.15, 0.2) is 0 Å². The Hall–Kier alpha value is -4.90. The molecule has 0 saturated carbocycles. The third-order valence-electron chi connectivity index (χ3n) is 9.36. The van der Waals surface area contributed by atoms with Crippen LogP contribution in [0, 0.1) is 0 Å². The maximum atomic E-state index is 12.4. The van der Waals surface area contributed by atoms with Crippen molar-refractivity contribution < 1.29 is 14.1 Å². The SMILES string of the molecule is COc1ccc(C(=O)CN2CCC[N+]3=C2CCC3)cc1.c1ccc([B-](c2ccccc2)(c2ccccc2)c2ccccc2)cc1. The van der Waals surface area contributed by atoms with E-state index in [1.807, 2.05) is 24.3 Å². The molecule has 0 saturated heterocycles. The molecule has 2 aliphatic rings. The quantitative estimate of drug-likeness (QED) is 0.147. The first-order valence-corrected chi connectivity index (χ1v) is 16.1. The van der Waals surface area contributed by atoms with Crippen LogP contribution in [0.5, 0.6) is 5.75 Å². The highest BCUT2D eigenvalue weighted by atomic mass is 16.5. The van der Waals surface area contributed by atoms with Gasteiger partial charge in [0.2, 0.25) is 11.6 Å². The number of ether oxygens (including phenoxy) is 1. The van der Waals surface area contributed by atoms with E-state index in [-0.39, 0.29) is 5.78 Å². The lowest BCUT2D eigenvalue weighted by molar-refractivity contribution is -0.529. The van der Waals surface area contributed by atoms with Crippen LogP contribution in [0.25, 0.3) is 0 Å². The van der Waals surface area contributed by atoms with E-state index in [1.165, 1.54) is 34.1 Å². The lowest BCUT2D eigenvalue weighted by Crippen LogP contribution is -2.74. The molecular formula is C40H41BN2O2. The van der Waals surface area contributed by atoms with Crippen LogP contribution in [0.4, 0.5) is 0 Å². The molecule has 0 aliphatic carbocycles. The van der Waals surface area contributed by atoms with Crippen molar-refractivity contribution in [3.05, 3.63) is 151 Å². The zero-order chi connectivity index (χ0) is 30.9. The molecule has 0 spiro atoms. The Balaban J connectivity index is 0.000000163. The Morgan fingerprint density at radius 3 is 1.53 bits per heavy atom. The van der Waals surface area contributed by atoms with Gasteiger partial charge in [-0.25, -0.2) is 0 Å². The van der Waals surface area contributed by atoms with Crippen LogP contribution in [0.3, 0.4) is 0 Å². The van der Waals surface area contributed by atoms with E-state index in [0.717, 1.165) is 43.8 Å². The standard InChI is InChI=1S/C24H20B.C16H21N2O2/c1-5-13-21(14-6-1)25(22-15-7-2-8-16-22,23-17-9-3-10-18-23)24-19-11-4-12-20-24;1-20-14-7-5-13(6-8-14)15(19)12-18-11-3-10-17-9-2-4-16(17)18/h1-20H;5-8H,2-4,9-12H2,1H3/q-1;+1. The molecule has 2 heterocycles. The third kappa shape index (κ3) is 6.49. The van der Waals surface area contributed by atoms with Crippen LogP contribution in [0.1, 0.15) is 29.6 Å². The van der Waals surface area contributed by atoms with Crippen LogP contribution < -0.4 is 26.6 Å². The number of nitrogens with zero attached hydrogens (tertiary/aromatic N) is 2. The van der Waals surface area contributed by atoms with E-state index in [2.05, 4.69) is 131 Å². The summed E-state index contributed by atoms with van der Waals surface area (Å²) in [5, 5.41) is 0. The summed E-state index contributed by atoms with van der Waals surface area (Å²) in [6.45, 7) is 3.82. The van der Waals surface area contributed by atoms with Gasteiger partial charge < -0.3 is 4.74 Å². The first kappa shape index (κ1) is 30.1. The molecule has 0 N–H and O–H groups in total. The summed E-state index contributed by atoms with van der Waals surface area (Å²) < 4.78 is 7.56. The second kappa shape index (κ2) is 14.3. The van der Waals surface area contributed by atoms with Crippen LogP contribution in [0.15, 0.2) is 146 Å². The van der Waals surface area contributed by atoms with Gasteiger partial charge in [-0.1, -0.05) is 121 Å². The van der Waals surface area contributed by atoms with Crippen molar-refractivity contribution in [3.63, 3.8) is 0 Å². The molecule has 0 fully saturated rings. The van der Waals surface area contributed by atoms with Crippen LogP contribution >= 0.6 is 0 Å². The summed E-state index contributed by atoms with van der Waals surface area (Å²) in [7, 11) is 1.63. The number of carbonyl (C=O) groups excluding carboxylic acids is 1. The average Bonchev–Trinajstić information content (AvgIpc) is 3.61. The number of rotatable bonds is 8. The minimum Gasteiger partial charge on any atom is -0.497 e. The van der Waals surface area contributed by atoms with Gasteiger partial charge in [0.1, 0.15) is 18.4 Å². The van der Waals surface area contributed by atoms with Gasteiger partial charge in [0.05, 0.1) is 33.2 Å². The highest BCUT2D eigenvalue weighted by Gasteiger charge is 2.33. The van der Waals surface area contributed by atoms with E-state index in [0.29, 0.717) is 6.54 Å². The number of hydrogen-bond acceptors (Lipinski definition) is 3. The molecule has 0 radical (unpaired) electrons. The van der Waals surface area contributed by atoms with Gasteiger partial charge in [-0.05, 0) is 30.7 Å². The molecular weight excluding hydrogens is 551 g/mol. The summed E-state index contributed by atoms with van der Waals surface area (Å²) in [5.74, 6) is 2.35. The molecule has 5 aromatic rings. The number of Topliss-reactive ketones (excluding diaryl/α,β-unsaturated/α-hetero) is 1. The minimum absolute atomic E-state index is 0.189. The lowest BCUT2D eigenvalue weighted by Gasteiger charge is -2.44. The highest BCUT2D eigenvalue weighted by molar-refractivity contribution is 7.19.